The molecule has 23 heavy (non-hydrogen) atoms. The Morgan fingerprint density at radius 1 is 1.22 bits per heavy atom. The van der Waals surface area contributed by atoms with Crippen LogP contribution in [0.4, 0.5) is 0 Å². The molecule has 0 aliphatic heterocycles. The second kappa shape index (κ2) is 8.85. The van der Waals surface area contributed by atoms with Gasteiger partial charge in [-0.05, 0) is 25.2 Å². The zero-order valence-electron chi connectivity index (χ0n) is 14.0. The number of amides is 1. The van der Waals surface area contributed by atoms with Crippen molar-refractivity contribution in [2.75, 3.05) is 40.3 Å². The Kier molecular flexibility index (Phi) is 7.47. The molecule has 0 radical (unpaired) electrons. The average molecular weight is 343 g/mol. The minimum atomic E-state index is -3.62. The highest BCUT2D eigenvalue weighted by atomic mass is 32.2. The lowest BCUT2D eigenvalue weighted by Crippen LogP contribution is -2.32. The minimum absolute atomic E-state index is 0.0840. The summed E-state index contributed by atoms with van der Waals surface area (Å²) in [6.45, 7) is 5.34. The molecule has 130 valence electrons. The van der Waals surface area contributed by atoms with Crippen LogP contribution in [0.15, 0.2) is 23.1 Å². The predicted octanol–water partition coefficient (Wildman–Crippen LogP) is 0.675. The zero-order valence-corrected chi connectivity index (χ0v) is 14.9. The molecule has 0 saturated carbocycles. The van der Waals surface area contributed by atoms with E-state index in [4.69, 9.17) is 4.74 Å². The fourth-order valence-electron chi connectivity index (χ4n) is 2.13. The molecule has 0 aliphatic rings. The van der Waals surface area contributed by atoms with E-state index in [9.17, 15) is 13.2 Å². The number of ether oxygens (including phenoxy) is 1. The Bertz CT molecular complexity index is 628. The first-order valence-corrected chi connectivity index (χ1v) is 8.97. The van der Waals surface area contributed by atoms with E-state index in [-0.39, 0.29) is 16.4 Å². The normalized spacial score (nSPS) is 11.5. The van der Waals surface area contributed by atoms with Crippen LogP contribution in [-0.2, 0) is 10.0 Å². The summed E-state index contributed by atoms with van der Waals surface area (Å²) in [6, 6.07) is 4.32. The van der Waals surface area contributed by atoms with Gasteiger partial charge in [0.15, 0.2) is 0 Å². The summed E-state index contributed by atoms with van der Waals surface area (Å²) in [7, 11) is -0.397. The smallest absolute Gasteiger partial charge is 0.255 e. The van der Waals surface area contributed by atoms with Crippen molar-refractivity contribution in [3.05, 3.63) is 23.8 Å². The highest BCUT2D eigenvalue weighted by Gasteiger charge is 2.24. The Morgan fingerprint density at radius 2 is 1.87 bits per heavy atom. The van der Waals surface area contributed by atoms with Crippen LogP contribution in [0.2, 0.25) is 0 Å². The lowest BCUT2D eigenvalue weighted by atomic mass is 10.2. The molecule has 0 aromatic heterocycles. The maximum absolute atomic E-state index is 12.6. The molecule has 0 saturated heterocycles. The van der Waals surface area contributed by atoms with Gasteiger partial charge in [0.1, 0.15) is 5.75 Å². The van der Waals surface area contributed by atoms with Gasteiger partial charge in [0.2, 0.25) is 10.0 Å². The topological polar surface area (TPSA) is 87.7 Å². The van der Waals surface area contributed by atoms with E-state index in [1.54, 1.807) is 20.9 Å². The van der Waals surface area contributed by atoms with Crippen molar-refractivity contribution in [2.24, 2.45) is 0 Å². The van der Waals surface area contributed by atoms with Gasteiger partial charge in [0.25, 0.3) is 5.91 Å². The third-order valence-electron chi connectivity index (χ3n) is 3.42. The van der Waals surface area contributed by atoms with Crippen molar-refractivity contribution in [2.45, 2.75) is 18.7 Å². The Morgan fingerprint density at radius 3 is 2.39 bits per heavy atom. The van der Waals surface area contributed by atoms with Crippen LogP contribution < -0.4 is 15.4 Å². The molecule has 1 aromatic rings. The van der Waals surface area contributed by atoms with Crippen molar-refractivity contribution in [1.29, 1.82) is 0 Å². The number of rotatable bonds is 9. The largest absolute Gasteiger partial charge is 0.496 e. The molecular weight excluding hydrogens is 318 g/mol. The monoisotopic (exact) mass is 343 g/mol. The quantitative estimate of drug-likeness (QED) is 0.644. The number of nitrogens with zero attached hydrogens (tertiary/aromatic N) is 1. The van der Waals surface area contributed by atoms with Gasteiger partial charge < -0.3 is 15.4 Å². The van der Waals surface area contributed by atoms with Crippen LogP contribution in [0.3, 0.4) is 0 Å². The zero-order chi connectivity index (χ0) is 17.5. The van der Waals surface area contributed by atoms with E-state index in [0.717, 1.165) is 0 Å². The van der Waals surface area contributed by atoms with E-state index in [2.05, 4.69) is 10.6 Å². The fourth-order valence-corrected chi connectivity index (χ4v) is 3.62. The van der Waals surface area contributed by atoms with E-state index in [0.29, 0.717) is 31.9 Å². The predicted molar refractivity (Wildman–Crippen MR) is 89.4 cm³/mol. The van der Waals surface area contributed by atoms with E-state index >= 15 is 0 Å². The van der Waals surface area contributed by atoms with Gasteiger partial charge >= 0.3 is 0 Å². The van der Waals surface area contributed by atoms with Crippen LogP contribution in [-0.4, -0.2) is 59.0 Å². The maximum atomic E-state index is 12.6. The summed E-state index contributed by atoms with van der Waals surface area (Å²) in [5.41, 5.74) is 0.205. The van der Waals surface area contributed by atoms with Crippen LogP contribution in [0.5, 0.6) is 5.75 Å². The number of carbonyl (C=O) groups excluding carboxylic acids is 1. The van der Waals surface area contributed by atoms with Crippen LogP contribution in [0, 0.1) is 0 Å². The summed E-state index contributed by atoms with van der Waals surface area (Å²) >= 11 is 0. The SMILES string of the molecule is CCN(CC)S(=O)(=O)c1ccc(OC)c(C(=O)NCCNC)c1. The molecule has 8 heteroatoms. The fraction of sp³-hybridized carbons (Fsp3) is 0.533. The summed E-state index contributed by atoms with van der Waals surface area (Å²) in [6.07, 6.45) is 0. The van der Waals surface area contributed by atoms with Crippen LogP contribution in [0.25, 0.3) is 0 Å². The highest BCUT2D eigenvalue weighted by Crippen LogP contribution is 2.24. The number of carbonyl (C=O) groups is 1. The molecule has 2 N–H and O–H groups in total. The van der Waals surface area contributed by atoms with Gasteiger partial charge in [-0.3, -0.25) is 4.79 Å². The number of benzene rings is 1. The van der Waals surface area contributed by atoms with Gasteiger partial charge in [-0.25, -0.2) is 8.42 Å². The maximum Gasteiger partial charge on any atom is 0.255 e. The first kappa shape index (κ1) is 19.4. The van der Waals surface area contributed by atoms with E-state index < -0.39 is 10.0 Å². The molecule has 0 bridgehead atoms. The molecule has 0 fully saturated rings. The van der Waals surface area contributed by atoms with Crippen molar-refractivity contribution >= 4 is 15.9 Å². The third-order valence-corrected chi connectivity index (χ3v) is 5.47. The van der Waals surface area contributed by atoms with E-state index in [1.807, 2.05) is 0 Å². The van der Waals surface area contributed by atoms with Gasteiger partial charge in [0, 0.05) is 26.2 Å². The van der Waals surface area contributed by atoms with Crippen LogP contribution in [0.1, 0.15) is 24.2 Å². The summed E-state index contributed by atoms with van der Waals surface area (Å²) in [5.74, 6) is -0.0286. The molecular formula is C15H25N3O4S. The van der Waals surface area contributed by atoms with Crippen molar-refractivity contribution in [3.63, 3.8) is 0 Å². The van der Waals surface area contributed by atoms with Crippen molar-refractivity contribution in [1.82, 2.24) is 14.9 Å². The van der Waals surface area contributed by atoms with Crippen molar-refractivity contribution in [3.8, 4) is 5.75 Å². The lowest BCUT2D eigenvalue weighted by molar-refractivity contribution is 0.0951. The Labute approximate surface area is 138 Å². The van der Waals surface area contributed by atoms with Gasteiger partial charge in [-0.1, -0.05) is 13.8 Å². The van der Waals surface area contributed by atoms with Crippen LogP contribution >= 0.6 is 0 Å². The number of sulfonamides is 1. The molecule has 0 heterocycles. The standard InChI is InChI=1S/C15H25N3O4S/c1-5-18(6-2)23(20,21)12-7-8-14(22-4)13(11-12)15(19)17-10-9-16-3/h7-8,11,16H,5-6,9-10H2,1-4H3,(H,17,19). The molecule has 0 aliphatic carbocycles. The average Bonchev–Trinajstić information content (AvgIpc) is 2.55. The summed E-state index contributed by atoms with van der Waals surface area (Å²) in [5, 5.41) is 5.64. The number of nitrogens with one attached hydrogen (secondary N) is 2. The van der Waals surface area contributed by atoms with Gasteiger partial charge in [-0.2, -0.15) is 4.31 Å². The van der Waals surface area contributed by atoms with E-state index in [1.165, 1.54) is 29.6 Å². The number of methoxy groups -OCH3 is 1. The Balaban J connectivity index is 3.19. The highest BCUT2D eigenvalue weighted by molar-refractivity contribution is 7.89. The number of hydrogen-bond donors (Lipinski definition) is 2. The van der Waals surface area contributed by atoms with Gasteiger partial charge in [-0.15, -0.1) is 0 Å². The molecule has 1 aromatic carbocycles. The minimum Gasteiger partial charge on any atom is -0.496 e. The van der Waals surface area contributed by atoms with Gasteiger partial charge in [0.05, 0.1) is 17.6 Å². The molecule has 0 spiro atoms. The second-order valence-electron chi connectivity index (χ2n) is 4.81. The molecule has 0 atom stereocenters. The summed E-state index contributed by atoms with van der Waals surface area (Å²) < 4.78 is 31.7. The molecule has 1 amide bonds. The second-order valence-corrected chi connectivity index (χ2v) is 6.75. The lowest BCUT2D eigenvalue weighted by Gasteiger charge is -2.19. The molecule has 0 unspecified atom stereocenters. The summed E-state index contributed by atoms with van der Waals surface area (Å²) in [4.78, 5) is 12.3. The van der Waals surface area contributed by atoms with Crippen molar-refractivity contribution < 1.29 is 17.9 Å². The molecule has 7 nitrogen and oxygen atoms in total. The first-order chi connectivity index (χ1) is 10.9. The first-order valence-electron chi connectivity index (χ1n) is 7.53. The number of likely N-dealkylation sites (N-methyl/N-ethyl adjacent to an activating group) is 1. The third kappa shape index (κ3) is 4.66. The Hall–Kier alpha value is -1.64. The number of hydrogen-bond acceptors (Lipinski definition) is 5. The molecule has 1 rings (SSSR count).